The molecule has 11 heteroatoms. The van der Waals surface area contributed by atoms with Gasteiger partial charge in [-0.3, -0.25) is 14.2 Å². The molecule has 0 aliphatic rings. The van der Waals surface area contributed by atoms with Crippen molar-refractivity contribution in [3.8, 4) is 17.2 Å². The highest BCUT2D eigenvalue weighted by atomic mass is 79.9. The van der Waals surface area contributed by atoms with Crippen molar-refractivity contribution in [3.05, 3.63) is 85.5 Å². The second-order valence-corrected chi connectivity index (χ2v) is 9.88. The highest BCUT2D eigenvalue weighted by Crippen LogP contribution is 2.34. The maximum absolute atomic E-state index is 13.3. The van der Waals surface area contributed by atoms with Gasteiger partial charge in [0.05, 0.1) is 40.1 Å². The number of halogens is 2. The van der Waals surface area contributed by atoms with Gasteiger partial charge in [-0.05, 0) is 70.0 Å². The molecule has 35 heavy (non-hydrogen) atoms. The van der Waals surface area contributed by atoms with Crippen LogP contribution in [0.15, 0.2) is 84.7 Å². The Morgan fingerprint density at radius 2 is 1.94 bits per heavy atom. The number of carbonyl (C=O) groups excluding carboxylic acids is 1. The number of hydrogen-bond acceptors (Lipinski definition) is 7. The number of para-hydroxylation sites is 1. The maximum Gasteiger partial charge on any atom is 0.266 e. The highest BCUT2D eigenvalue weighted by Gasteiger charge is 2.15. The van der Waals surface area contributed by atoms with Crippen LogP contribution in [0.4, 0.5) is 0 Å². The third kappa shape index (κ3) is 5.75. The fourth-order valence-corrected chi connectivity index (χ4v) is 4.72. The van der Waals surface area contributed by atoms with Crippen LogP contribution < -0.4 is 15.7 Å². The second-order valence-electron chi connectivity index (χ2n) is 7.16. The van der Waals surface area contributed by atoms with Crippen molar-refractivity contribution < 1.29 is 14.6 Å². The fraction of sp³-hybridized carbons (Fsp3) is 0.0833. The molecule has 0 saturated carbocycles. The van der Waals surface area contributed by atoms with Gasteiger partial charge in [-0.15, -0.1) is 0 Å². The predicted octanol–water partition coefficient (Wildman–Crippen LogP) is 4.87. The van der Waals surface area contributed by atoms with Gasteiger partial charge in [-0.25, -0.2) is 10.4 Å². The molecule has 0 unspecified atom stereocenters. The zero-order valence-corrected chi connectivity index (χ0v) is 22.2. The van der Waals surface area contributed by atoms with Crippen LogP contribution in [0.2, 0.25) is 0 Å². The topological polar surface area (TPSA) is 106 Å². The van der Waals surface area contributed by atoms with Gasteiger partial charge in [0.1, 0.15) is 0 Å². The van der Waals surface area contributed by atoms with Crippen LogP contribution in [-0.4, -0.2) is 39.6 Å². The van der Waals surface area contributed by atoms with E-state index >= 15 is 0 Å². The minimum absolute atomic E-state index is 0.0127. The lowest BCUT2D eigenvalue weighted by molar-refractivity contribution is -0.118. The summed E-state index contributed by atoms with van der Waals surface area (Å²) in [5.41, 5.74) is 4.05. The van der Waals surface area contributed by atoms with Gasteiger partial charge in [0.25, 0.3) is 11.5 Å². The number of thioether (sulfide) groups is 1. The molecule has 3 aromatic carbocycles. The summed E-state index contributed by atoms with van der Waals surface area (Å²) in [5.74, 6) is -0.136. The van der Waals surface area contributed by atoms with E-state index in [-0.39, 0.29) is 28.7 Å². The summed E-state index contributed by atoms with van der Waals surface area (Å²) in [6.07, 6.45) is 1.43. The van der Waals surface area contributed by atoms with E-state index in [0.29, 0.717) is 31.8 Å². The summed E-state index contributed by atoms with van der Waals surface area (Å²) in [6.45, 7) is 0. The molecule has 0 aliphatic carbocycles. The lowest BCUT2D eigenvalue weighted by Crippen LogP contribution is -2.24. The molecule has 8 nitrogen and oxygen atoms in total. The number of phenols is 1. The van der Waals surface area contributed by atoms with Crippen molar-refractivity contribution in [1.82, 2.24) is 15.0 Å². The summed E-state index contributed by atoms with van der Waals surface area (Å²) in [6, 6.07) is 17.6. The molecule has 1 heterocycles. The molecular weight excluding hydrogens is 600 g/mol. The zero-order valence-electron chi connectivity index (χ0n) is 18.2. The third-order valence-corrected chi connectivity index (χ3v) is 6.91. The van der Waals surface area contributed by atoms with Crippen LogP contribution in [0.1, 0.15) is 5.56 Å². The van der Waals surface area contributed by atoms with Crippen molar-refractivity contribution in [1.29, 1.82) is 0 Å². The molecule has 0 spiro atoms. The first-order chi connectivity index (χ1) is 16.9. The average molecular weight is 618 g/mol. The lowest BCUT2D eigenvalue weighted by Gasteiger charge is -2.13. The van der Waals surface area contributed by atoms with E-state index in [9.17, 15) is 14.7 Å². The summed E-state index contributed by atoms with van der Waals surface area (Å²) >= 11 is 7.78. The normalized spacial score (nSPS) is 11.2. The molecule has 0 atom stereocenters. The number of nitrogens with zero attached hydrogens (tertiary/aromatic N) is 3. The Kier molecular flexibility index (Phi) is 7.89. The summed E-state index contributed by atoms with van der Waals surface area (Å²) < 4.78 is 7.92. The number of aromatic nitrogens is 2. The predicted molar refractivity (Wildman–Crippen MR) is 144 cm³/mol. The van der Waals surface area contributed by atoms with Crippen molar-refractivity contribution >= 4 is 66.6 Å². The van der Waals surface area contributed by atoms with E-state index in [2.05, 4.69) is 47.4 Å². The largest absolute Gasteiger partial charge is 0.503 e. The number of phenolic OH excluding ortho intramolecular Hbond substituents is 1. The second kappa shape index (κ2) is 11.1. The van der Waals surface area contributed by atoms with Gasteiger partial charge < -0.3 is 9.84 Å². The van der Waals surface area contributed by atoms with Crippen LogP contribution in [0.5, 0.6) is 11.5 Å². The standard InChI is InChI=1S/C24H18Br2N4O4S/c1-34-20-11-14(10-18(26)22(20)32)12-27-29-21(31)13-35-24-28-19-5-3-2-4-17(19)23(33)30(24)16-8-6-15(25)7-9-16/h2-12,32H,13H2,1H3,(H,29,31)/b27-12-. The molecule has 0 fully saturated rings. The van der Waals surface area contributed by atoms with Crippen LogP contribution in [-0.2, 0) is 4.79 Å². The number of fused-ring (bicyclic) bond motifs is 1. The molecule has 4 rings (SSSR count). The number of methoxy groups -OCH3 is 1. The SMILES string of the molecule is COc1cc(/C=N\NC(=O)CSc2nc3ccccc3c(=O)n2-c2ccc(Br)cc2)cc(Br)c1O. The Morgan fingerprint density at radius 3 is 2.69 bits per heavy atom. The Hall–Kier alpha value is -3.15. The summed E-state index contributed by atoms with van der Waals surface area (Å²) in [4.78, 5) is 30.3. The minimum atomic E-state index is -0.374. The van der Waals surface area contributed by atoms with Crippen molar-refractivity contribution in [2.24, 2.45) is 5.10 Å². The van der Waals surface area contributed by atoms with Gasteiger partial charge >= 0.3 is 0 Å². The number of ether oxygens (including phenoxy) is 1. The number of carbonyl (C=O) groups is 1. The van der Waals surface area contributed by atoms with Crippen molar-refractivity contribution in [2.45, 2.75) is 5.16 Å². The van der Waals surface area contributed by atoms with Crippen LogP contribution in [0, 0.1) is 0 Å². The maximum atomic E-state index is 13.3. The number of benzene rings is 3. The van der Waals surface area contributed by atoms with Crippen LogP contribution >= 0.6 is 43.6 Å². The summed E-state index contributed by atoms with van der Waals surface area (Å²) in [7, 11) is 1.44. The monoisotopic (exact) mass is 616 g/mol. The number of nitrogens with one attached hydrogen (secondary N) is 1. The Labute approximate surface area is 221 Å². The van der Waals surface area contributed by atoms with Gasteiger partial charge in [0, 0.05) is 4.47 Å². The molecule has 2 N–H and O–H groups in total. The molecule has 0 aliphatic heterocycles. The fourth-order valence-electron chi connectivity index (χ4n) is 3.19. The van der Waals surface area contributed by atoms with E-state index in [1.54, 1.807) is 42.5 Å². The third-order valence-electron chi connectivity index (χ3n) is 4.84. The minimum Gasteiger partial charge on any atom is -0.503 e. The van der Waals surface area contributed by atoms with E-state index in [4.69, 9.17) is 4.74 Å². The smallest absolute Gasteiger partial charge is 0.266 e. The number of aromatic hydroxyl groups is 1. The van der Waals surface area contributed by atoms with Gasteiger partial charge in [0.15, 0.2) is 16.7 Å². The molecular formula is C24H18Br2N4O4S. The van der Waals surface area contributed by atoms with Crippen molar-refractivity contribution in [2.75, 3.05) is 12.9 Å². The van der Waals surface area contributed by atoms with Crippen LogP contribution in [0.3, 0.4) is 0 Å². The molecule has 1 aromatic heterocycles. The van der Waals surface area contributed by atoms with E-state index in [0.717, 1.165) is 16.2 Å². The Bertz CT molecular complexity index is 1490. The highest BCUT2D eigenvalue weighted by molar-refractivity contribution is 9.10. The lowest BCUT2D eigenvalue weighted by atomic mass is 10.2. The van der Waals surface area contributed by atoms with Crippen molar-refractivity contribution in [3.63, 3.8) is 0 Å². The first kappa shape index (κ1) is 25.0. The average Bonchev–Trinajstić information content (AvgIpc) is 2.85. The Morgan fingerprint density at radius 1 is 1.20 bits per heavy atom. The van der Waals surface area contributed by atoms with E-state index in [1.165, 1.54) is 17.9 Å². The molecule has 0 bridgehead atoms. The van der Waals surface area contributed by atoms with Gasteiger partial charge in [0.2, 0.25) is 0 Å². The molecule has 4 aromatic rings. The van der Waals surface area contributed by atoms with Gasteiger partial charge in [-0.2, -0.15) is 5.10 Å². The summed E-state index contributed by atoms with van der Waals surface area (Å²) in [5, 5.41) is 14.7. The molecule has 0 radical (unpaired) electrons. The molecule has 178 valence electrons. The van der Waals surface area contributed by atoms with E-state index < -0.39 is 0 Å². The van der Waals surface area contributed by atoms with Crippen LogP contribution in [0.25, 0.3) is 16.6 Å². The first-order valence-corrected chi connectivity index (χ1v) is 12.7. The zero-order chi connectivity index (χ0) is 24.9. The number of hydrazone groups is 1. The Balaban J connectivity index is 1.54. The number of amides is 1. The number of hydrogen-bond donors (Lipinski definition) is 2. The van der Waals surface area contributed by atoms with E-state index in [1.807, 2.05) is 18.2 Å². The number of rotatable bonds is 7. The first-order valence-electron chi connectivity index (χ1n) is 10.2. The quantitative estimate of drug-likeness (QED) is 0.133. The molecule has 1 amide bonds. The van der Waals surface area contributed by atoms with Gasteiger partial charge in [-0.1, -0.05) is 39.8 Å². The molecule has 0 saturated heterocycles.